The van der Waals surface area contributed by atoms with E-state index in [1.165, 1.54) is 18.4 Å². The lowest BCUT2D eigenvalue weighted by atomic mass is 9.49. The van der Waals surface area contributed by atoms with E-state index in [2.05, 4.69) is 25.0 Å². The topological polar surface area (TPSA) is 26.3 Å². The van der Waals surface area contributed by atoms with Crippen molar-refractivity contribution in [3.05, 3.63) is 23.8 Å². The highest BCUT2D eigenvalue weighted by atomic mass is 16.5. The largest absolute Gasteiger partial charge is 0.361 e. The first-order valence-corrected chi connectivity index (χ1v) is 9.56. The van der Waals surface area contributed by atoms with Crippen LogP contribution in [0.3, 0.4) is 0 Å². The van der Waals surface area contributed by atoms with Gasteiger partial charge in [-0.3, -0.25) is 4.79 Å². The summed E-state index contributed by atoms with van der Waals surface area (Å²) in [6.45, 7) is 2.28. The van der Waals surface area contributed by atoms with E-state index in [1.807, 2.05) is 6.08 Å². The van der Waals surface area contributed by atoms with Gasteiger partial charge in [0.05, 0.1) is 0 Å². The smallest absolute Gasteiger partial charge is 0.155 e. The summed E-state index contributed by atoms with van der Waals surface area (Å²) in [7, 11) is 1.77. The van der Waals surface area contributed by atoms with Crippen molar-refractivity contribution in [3.8, 4) is 12.3 Å². The predicted octanol–water partition coefficient (Wildman–Crippen LogP) is 4.31. The quantitative estimate of drug-likeness (QED) is 0.559. The van der Waals surface area contributed by atoms with Crippen molar-refractivity contribution >= 4 is 5.78 Å². The number of hydrogen-bond acceptors (Lipinski definition) is 2. The molecule has 0 radical (unpaired) electrons. The van der Waals surface area contributed by atoms with Crippen LogP contribution in [0.5, 0.6) is 0 Å². The fraction of sp³-hybridized carbons (Fsp3) is 0.682. The lowest BCUT2D eigenvalue weighted by Gasteiger charge is -2.56. The molecule has 0 aromatic carbocycles. The van der Waals surface area contributed by atoms with Crippen LogP contribution in [0.1, 0.15) is 51.9 Å². The molecule has 0 saturated heterocycles. The maximum Gasteiger partial charge on any atom is 0.155 e. The zero-order valence-electron chi connectivity index (χ0n) is 14.9. The molecule has 0 N–H and O–H groups in total. The van der Waals surface area contributed by atoms with Crippen LogP contribution in [0.4, 0.5) is 0 Å². The molecule has 0 unspecified atom stereocenters. The first kappa shape index (κ1) is 16.2. The molecule has 24 heavy (non-hydrogen) atoms. The standard InChI is InChI=1S/C22H28O2/c1-4-21-12-10-18-17-9-7-16(23)14-15(17)6-8-19(18)20(21)11-13-22(21,5-2)24-3/h2,11,13-14,17-20H,4,6-10,12H2,1,3H3/t17-,18+,19+,20-,21-,22-/m1/s1. The molecule has 4 aliphatic rings. The van der Waals surface area contributed by atoms with Gasteiger partial charge in [-0.2, -0.15) is 0 Å². The van der Waals surface area contributed by atoms with Gasteiger partial charge in [0.1, 0.15) is 0 Å². The Bertz CT molecular complexity index is 651. The maximum absolute atomic E-state index is 11.8. The Hall–Kier alpha value is -1.33. The molecular formula is C22H28O2. The van der Waals surface area contributed by atoms with E-state index in [1.54, 1.807) is 7.11 Å². The summed E-state index contributed by atoms with van der Waals surface area (Å²) in [4.78, 5) is 11.8. The van der Waals surface area contributed by atoms with E-state index in [0.717, 1.165) is 38.0 Å². The lowest BCUT2D eigenvalue weighted by molar-refractivity contribution is -0.117. The van der Waals surface area contributed by atoms with Gasteiger partial charge in [-0.05, 0) is 74.3 Å². The zero-order chi connectivity index (χ0) is 16.9. The molecule has 0 aromatic heterocycles. The van der Waals surface area contributed by atoms with E-state index in [4.69, 9.17) is 11.2 Å². The molecule has 0 heterocycles. The van der Waals surface area contributed by atoms with Crippen molar-refractivity contribution in [2.24, 2.45) is 29.1 Å². The number of ether oxygens (including phenoxy) is 1. The van der Waals surface area contributed by atoms with Crippen LogP contribution in [0, 0.1) is 41.4 Å². The number of carbonyl (C=O) groups excluding carboxylic acids is 1. The number of carbonyl (C=O) groups is 1. The molecule has 4 aliphatic carbocycles. The predicted molar refractivity (Wildman–Crippen MR) is 95.2 cm³/mol. The normalized spacial score (nSPS) is 46.5. The third-order valence-electron chi connectivity index (χ3n) is 7.83. The van der Waals surface area contributed by atoms with Gasteiger partial charge in [0.15, 0.2) is 11.4 Å². The maximum atomic E-state index is 11.8. The molecule has 0 bridgehead atoms. The van der Waals surface area contributed by atoms with Crippen molar-refractivity contribution in [3.63, 3.8) is 0 Å². The van der Waals surface area contributed by atoms with Crippen molar-refractivity contribution in [1.29, 1.82) is 0 Å². The highest BCUT2D eigenvalue weighted by Gasteiger charge is 2.62. The van der Waals surface area contributed by atoms with Crippen LogP contribution in [0.25, 0.3) is 0 Å². The van der Waals surface area contributed by atoms with Gasteiger partial charge in [-0.15, -0.1) is 6.42 Å². The molecule has 128 valence electrons. The van der Waals surface area contributed by atoms with Crippen LogP contribution < -0.4 is 0 Å². The first-order chi connectivity index (χ1) is 11.6. The summed E-state index contributed by atoms with van der Waals surface area (Å²) in [5, 5.41) is 0. The fourth-order valence-electron chi connectivity index (χ4n) is 6.69. The minimum absolute atomic E-state index is 0.0589. The number of terminal acetylenes is 1. The average molecular weight is 324 g/mol. The molecule has 6 atom stereocenters. The van der Waals surface area contributed by atoms with Gasteiger partial charge in [-0.1, -0.05) is 24.5 Å². The van der Waals surface area contributed by atoms with Crippen LogP contribution in [0.15, 0.2) is 23.8 Å². The minimum atomic E-state index is -0.532. The zero-order valence-corrected chi connectivity index (χ0v) is 14.9. The fourth-order valence-corrected chi connectivity index (χ4v) is 6.69. The second kappa shape index (κ2) is 5.60. The highest BCUT2D eigenvalue weighted by molar-refractivity contribution is 5.91. The number of methoxy groups -OCH3 is 1. The molecule has 2 nitrogen and oxygen atoms in total. The molecule has 2 saturated carbocycles. The summed E-state index contributed by atoms with van der Waals surface area (Å²) in [5.74, 6) is 5.92. The SMILES string of the molecule is C#C[C@@]1(OC)C=C[C@@H]2[C@H]3CCC4=CC(=O)CC[C@H]4[C@@H]3CC[C@]21CC. The third kappa shape index (κ3) is 1.91. The summed E-state index contributed by atoms with van der Waals surface area (Å²) in [6.07, 6.45) is 20.0. The molecule has 0 aliphatic heterocycles. The lowest BCUT2D eigenvalue weighted by Crippen LogP contribution is -2.54. The van der Waals surface area contributed by atoms with Gasteiger partial charge in [0.25, 0.3) is 0 Å². The van der Waals surface area contributed by atoms with E-state index in [0.29, 0.717) is 23.5 Å². The molecule has 0 spiro atoms. The Morgan fingerprint density at radius 2 is 2.12 bits per heavy atom. The second-order valence-corrected chi connectivity index (χ2v) is 8.21. The summed E-state index contributed by atoms with van der Waals surface area (Å²) >= 11 is 0. The molecule has 2 heteroatoms. The third-order valence-corrected chi connectivity index (χ3v) is 7.83. The second-order valence-electron chi connectivity index (χ2n) is 8.21. The van der Waals surface area contributed by atoms with E-state index in [-0.39, 0.29) is 5.41 Å². The van der Waals surface area contributed by atoms with Crippen LogP contribution in [0.2, 0.25) is 0 Å². The summed E-state index contributed by atoms with van der Waals surface area (Å²) in [5.41, 5.74) is 0.966. The highest BCUT2D eigenvalue weighted by Crippen LogP contribution is 2.64. The van der Waals surface area contributed by atoms with Gasteiger partial charge in [-0.25, -0.2) is 0 Å². The molecule has 0 amide bonds. The Morgan fingerprint density at radius 3 is 2.83 bits per heavy atom. The molecule has 0 aromatic rings. The Kier molecular flexibility index (Phi) is 3.77. The Morgan fingerprint density at radius 1 is 1.29 bits per heavy atom. The number of ketones is 1. The first-order valence-electron chi connectivity index (χ1n) is 9.56. The average Bonchev–Trinajstić information content (AvgIpc) is 2.96. The van der Waals surface area contributed by atoms with Crippen LogP contribution >= 0.6 is 0 Å². The molecule has 4 rings (SSSR count). The van der Waals surface area contributed by atoms with Crippen molar-refractivity contribution in [2.75, 3.05) is 7.11 Å². The van der Waals surface area contributed by atoms with Crippen molar-refractivity contribution in [2.45, 2.75) is 57.5 Å². The van der Waals surface area contributed by atoms with Gasteiger partial charge >= 0.3 is 0 Å². The Labute approximate surface area is 145 Å². The van der Waals surface area contributed by atoms with Crippen molar-refractivity contribution in [1.82, 2.24) is 0 Å². The minimum Gasteiger partial charge on any atom is -0.361 e. The van der Waals surface area contributed by atoms with Crippen LogP contribution in [-0.2, 0) is 9.53 Å². The van der Waals surface area contributed by atoms with Gasteiger partial charge in [0, 0.05) is 18.9 Å². The molecular weight excluding hydrogens is 296 g/mol. The van der Waals surface area contributed by atoms with E-state index in [9.17, 15) is 4.79 Å². The number of hydrogen-bond donors (Lipinski definition) is 0. The number of allylic oxidation sites excluding steroid dienone is 3. The monoisotopic (exact) mass is 324 g/mol. The number of fused-ring (bicyclic) bond motifs is 5. The van der Waals surface area contributed by atoms with Gasteiger partial charge < -0.3 is 4.74 Å². The van der Waals surface area contributed by atoms with Crippen LogP contribution in [-0.4, -0.2) is 18.5 Å². The number of rotatable bonds is 2. The Balaban J connectivity index is 1.69. The summed E-state index contributed by atoms with van der Waals surface area (Å²) < 4.78 is 5.93. The van der Waals surface area contributed by atoms with E-state index < -0.39 is 5.60 Å². The van der Waals surface area contributed by atoms with Gasteiger partial charge in [0.2, 0.25) is 0 Å². The summed E-state index contributed by atoms with van der Waals surface area (Å²) in [6, 6.07) is 0. The van der Waals surface area contributed by atoms with Crippen molar-refractivity contribution < 1.29 is 9.53 Å². The molecule has 2 fully saturated rings. The van der Waals surface area contributed by atoms with E-state index >= 15 is 0 Å².